The van der Waals surface area contributed by atoms with E-state index in [9.17, 15) is 5.11 Å². The fraction of sp³-hybridized carbons (Fsp3) is 0.250. The Morgan fingerprint density at radius 2 is 2.29 bits per heavy atom. The molecule has 0 saturated heterocycles. The number of nitrogens with zero attached hydrogens (tertiary/aromatic N) is 2. The number of aromatic nitrogens is 2. The number of rotatable bonds is 3. The average molecular weight is 363 g/mol. The molecule has 1 unspecified atom stereocenters. The van der Waals surface area contributed by atoms with Gasteiger partial charge in [-0.1, -0.05) is 23.7 Å². The van der Waals surface area contributed by atoms with Gasteiger partial charge in [-0.15, -0.1) is 0 Å². The molecule has 0 spiro atoms. The Morgan fingerprint density at radius 1 is 1.53 bits per heavy atom. The zero-order valence-corrected chi connectivity index (χ0v) is 12.2. The van der Waals surface area contributed by atoms with Crippen molar-refractivity contribution in [3.63, 3.8) is 0 Å². The Kier molecular flexibility index (Phi) is 4.06. The van der Waals surface area contributed by atoms with Crippen molar-refractivity contribution < 1.29 is 5.11 Å². The van der Waals surface area contributed by atoms with E-state index in [1.54, 1.807) is 10.9 Å². The lowest BCUT2D eigenvalue weighted by Gasteiger charge is -2.13. The second-order valence-corrected chi connectivity index (χ2v) is 5.30. The number of aliphatic hydroxyl groups excluding tert-OH is 1. The molecule has 1 aromatic heterocycles. The summed E-state index contributed by atoms with van der Waals surface area (Å²) in [6, 6.07) is 7.72. The van der Waals surface area contributed by atoms with Crippen molar-refractivity contribution in [3.8, 4) is 0 Å². The van der Waals surface area contributed by atoms with Crippen LogP contribution in [-0.4, -0.2) is 14.9 Å². The number of aryl methyl sites for hydroxylation is 1. The maximum Gasteiger partial charge on any atom is 0.122 e. The van der Waals surface area contributed by atoms with E-state index in [0.717, 1.165) is 9.13 Å². The molecule has 3 nitrogen and oxygen atoms in total. The van der Waals surface area contributed by atoms with E-state index in [2.05, 4.69) is 27.7 Å². The van der Waals surface area contributed by atoms with Crippen molar-refractivity contribution in [1.29, 1.82) is 0 Å². The van der Waals surface area contributed by atoms with Gasteiger partial charge in [0.1, 0.15) is 6.10 Å². The van der Waals surface area contributed by atoms with Crippen molar-refractivity contribution >= 4 is 34.2 Å². The maximum absolute atomic E-state index is 10.3. The normalized spacial score (nSPS) is 12.7. The van der Waals surface area contributed by atoms with Crippen molar-refractivity contribution in [1.82, 2.24) is 9.78 Å². The quantitative estimate of drug-likeness (QED) is 0.851. The Labute approximate surface area is 119 Å². The second-order valence-electron chi connectivity index (χ2n) is 3.65. The molecule has 2 rings (SSSR count). The van der Waals surface area contributed by atoms with Gasteiger partial charge in [-0.3, -0.25) is 4.68 Å². The highest BCUT2D eigenvalue weighted by Crippen LogP contribution is 2.28. The molecular weight excluding hydrogens is 351 g/mol. The van der Waals surface area contributed by atoms with Gasteiger partial charge < -0.3 is 5.11 Å². The molecule has 1 aromatic carbocycles. The van der Waals surface area contributed by atoms with Gasteiger partial charge in [-0.2, -0.15) is 5.10 Å². The van der Waals surface area contributed by atoms with Crippen molar-refractivity contribution in [2.45, 2.75) is 19.6 Å². The molecule has 0 radical (unpaired) electrons. The molecule has 0 aliphatic rings. The first kappa shape index (κ1) is 12.9. The lowest BCUT2D eigenvalue weighted by atomic mass is 10.1. The van der Waals surface area contributed by atoms with E-state index in [0.29, 0.717) is 17.3 Å². The lowest BCUT2D eigenvalue weighted by molar-refractivity contribution is 0.208. The Hall–Kier alpha value is -0.590. The van der Waals surface area contributed by atoms with Gasteiger partial charge in [-0.05, 0) is 47.2 Å². The number of halogens is 2. The number of aliphatic hydroxyl groups is 1. The zero-order valence-electron chi connectivity index (χ0n) is 9.27. The fourth-order valence-corrected chi connectivity index (χ4v) is 2.54. The minimum absolute atomic E-state index is 0.498. The summed E-state index contributed by atoms with van der Waals surface area (Å²) in [5.74, 6) is 0. The number of hydrogen-bond donors (Lipinski definition) is 1. The Morgan fingerprint density at radius 3 is 2.94 bits per heavy atom. The molecule has 1 N–H and O–H groups in total. The van der Waals surface area contributed by atoms with Crippen molar-refractivity contribution in [3.05, 3.63) is 50.3 Å². The highest BCUT2D eigenvalue weighted by Gasteiger charge is 2.19. The third kappa shape index (κ3) is 2.64. The first-order chi connectivity index (χ1) is 8.13. The van der Waals surface area contributed by atoms with Crippen LogP contribution in [-0.2, 0) is 6.54 Å². The minimum atomic E-state index is -0.736. The van der Waals surface area contributed by atoms with Crippen LogP contribution in [0.25, 0.3) is 0 Å². The SMILES string of the molecule is CCn1ncc(Cl)c1C(O)c1cccc(I)c1. The van der Waals surface area contributed by atoms with Crippen LogP contribution in [0.5, 0.6) is 0 Å². The third-order valence-corrected chi connectivity index (χ3v) is 3.52. The van der Waals surface area contributed by atoms with Crippen LogP contribution in [0.2, 0.25) is 5.02 Å². The molecule has 0 aliphatic heterocycles. The monoisotopic (exact) mass is 362 g/mol. The zero-order chi connectivity index (χ0) is 12.4. The standard InChI is InChI=1S/C12H12ClIN2O/c1-2-16-11(10(13)7-15-16)12(17)8-4-3-5-9(14)6-8/h3-7,12,17H,2H2,1H3. The van der Waals surface area contributed by atoms with Crippen LogP contribution in [0, 0.1) is 3.57 Å². The van der Waals surface area contributed by atoms with Crippen LogP contribution >= 0.6 is 34.2 Å². The summed E-state index contributed by atoms with van der Waals surface area (Å²) >= 11 is 8.28. The predicted octanol–water partition coefficient (Wildman–Crippen LogP) is 3.24. The number of hydrogen-bond acceptors (Lipinski definition) is 2. The van der Waals surface area contributed by atoms with E-state index in [1.165, 1.54) is 0 Å². The molecular formula is C12H12ClIN2O. The topological polar surface area (TPSA) is 38.0 Å². The van der Waals surface area contributed by atoms with Crippen LogP contribution in [0.1, 0.15) is 24.3 Å². The molecule has 17 heavy (non-hydrogen) atoms. The summed E-state index contributed by atoms with van der Waals surface area (Å²) in [6.07, 6.45) is 0.831. The molecule has 0 aliphatic carbocycles. The molecule has 2 aromatic rings. The van der Waals surface area contributed by atoms with Crippen LogP contribution in [0.15, 0.2) is 30.5 Å². The predicted molar refractivity (Wildman–Crippen MR) is 76.1 cm³/mol. The summed E-state index contributed by atoms with van der Waals surface area (Å²) in [5.41, 5.74) is 1.48. The summed E-state index contributed by atoms with van der Waals surface area (Å²) in [5, 5.41) is 15.0. The molecule has 5 heteroatoms. The molecule has 90 valence electrons. The van der Waals surface area contributed by atoms with E-state index in [4.69, 9.17) is 11.6 Å². The van der Waals surface area contributed by atoms with E-state index in [1.807, 2.05) is 31.2 Å². The highest BCUT2D eigenvalue weighted by atomic mass is 127. The molecule has 0 fully saturated rings. The summed E-state index contributed by atoms with van der Waals surface area (Å²) in [4.78, 5) is 0. The van der Waals surface area contributed by atoms with Gasteiger partial charge in [0.15, 0.2) is 0 Å². The fourth-order valence-electron chi connectivity index (χ4n) is 1.73. The highest BCUT2D eigenvalue weighted by molar-refractivity contribution is 14.1. The van der Waals surface area contributed by atoms with Crippen molar-refractivity contribution in [2.24, 2.45) is 0 Å². The van der Waals surface area contributed by atoms with Gasteiger partial charge in [0.25, 0.3) is 0 Å². The summed E-state index contributed by atoms with van der Waals surface area (Å²) < 4.78 is 2.80. The van der Waals surface area contributed by atoms with Crippen LogP contribution < -0.4 is 0 Å². The van der Waals surface area contributed by atoms with Crippen LogP contribution in [0.4, 0.5) is 0 Å². The Balaban J connectivity index is 2.43. The van der Waals surface area contributed by atoms with Crippen LogP contribution in [0.3, 0.4) is 0 Å². The van der Waals surface area contributed by atoms with Gasteiger partial charge in [-0.25, -0.2) is 0 Å². The summed E-state index contributed by atoms with van der Waals surface area (Å²) in [7, 11) is 0. The van der Waals surface area contributed by atoms with E-state index >= 15 is 0 Å². The second kappa shape index (κ2) is 5.37. The average Bonchev–Trinajstić information content (AvgIpc) is 2.69. The lowest BCUT2D eigenvalue weighted by Crippen LogP contribution is -2.09. The number of benzene rings is 1. The molecule has 0 saturated carbocycles. The third-order valence-electron chi connectivity index (χ3n) is 2.56. The van der Waals surface area contributed by atoms with Gasteiger partial charge >= 0.3 is 0 Å². The molecule has 0 amide bonds. The first-order valence-electron chi connectivity index (χ1n) is 5.28. The minimum Gasteiger partial charge on any atom is -0.382 e. The Bertz CT molecular complexity index is 527. The summed E-state index contributed by atoms with van der Waals surface area (Å²) in [6.45, 7) is 2.65. The van der Waals surface area contributed by atoms with E-state index < -0.39 is 6.10 Å². The largest absolute Gasteiger partial charge is 0.382 e. The molecule has 1 heterocycles. The van der Waals surface area contributed by atoms with Gasteiger partial charge in [0.05, 0.1) is 16.9 Å². The van der Waals surface area contributed by atoms with E-state index in [-0.39, 0.29) is 0 Å². The maximum atomic E-state index is 10.3. The first-order valence-corrected chi connectivity index (χ1v) is 6.74. The molecule has 1 atom stereocenters. The molecule has 0 bridgehead atoms. The van der Waals surface area contributed by atoms with Gasteiger partial charge in [0, 0.05) is 10.1 Å². The van der Waals surface area contributed by atoms with Crippen molar-refractivity contribution in [2.75, 3.05) is 0 Å². The van der Waals surface area contributed by atoms with Gasteiger partial charge in [0.2, 0.25) is 0 Å². The smallest absolute Gasteiger partial charge is 0.122 e.